The van der Waals surface area contributed by atoms with Crippen LogP contribution in [0.1, 0.15) is 30.9 Å². The summed E-state index contributed by atoms with van der Waals surface area (Å²) in [5, 5.41) is 21.2. The van der Waals surface area contributed by atoms with Gasteiger partial charge in [-0.25, -0.2) is 14.0 Å². The maximum atomic E-state index is 15.1. The van der Waals surface area contributed by atoms with E-state index in [9.17, 15) is 34.6 Å². The molecule has 15 heteroatoms. The molecule has 41 heavy (non-hydrogen) atoms. The van der Waals surface area contributed by atoms with Crippen molar-refractivity contribution in [1.29, 1.82) is 0 Å². The summed E-state index contributed by atoms with van der Waals surface area (Å²) in [5.41, 5.74) is 0.860. The van der Waals surface area contributed by atoms with Gasteiger partial charge in [0.05, 0.1) is 16.4 Å². The number of likely N-dealkylation sites (tertiary alicyclic amines) is 1. The molecule has 13 nitrogen and oxygen atoms in total. The predicted molar refractivity (Wildman–Crippen MR) is 146 cm³/mol. The molecule has 220 valence electrons. The third-order valence-corrected chi connectivity index (χ3v) is 7.28. The summed E-state index contributed by atoms with van der Waals surface area (Å²) in [5.74, 6) is 0. The number of hydrogen-bond acceptors (Lipinski definition) is 10. The molecule has 0 aliphatic carbocycles. The van der Waals surface area contributed by atoms with Crippen molar-refractivity contribution in [3.63, 3.8) is 0 Å². The van der Waals surface area contributed by atoms with E-state index >= 15 is 4.39 Å². The first-order valence-electron chi connectivity index (χ1n) is 12.5. The molecule has 1 heterocycles. The van der Waals surface area contributed by atoms with Crippen molar-refractivity contribution >= 4 is 40.4 Å². The van der Waals surface area contributed by atoms with Crippen LogP contribution < -0.4 is 0 Å². The number of benzene rings is 2. The second-order valence-electron chi connectivity index (χ2n) is 9.44. The van der Waals surface area contributed by atoms with Crippen molar-refractivity contribution in [2.24, 2.45) is 0 Å². The lowest BCUT2D eigenvalue weighted by Gasteiger charge is -2.26. The van der Waals surface area contributed by atoms with E-state index in [-0.39, 0.29) is 54.5 Å². The first kappa shape index (κ1) is 31.3. The van der Waals surface area contributed by atoms with Gasteiger partial charge in [0.2, 0.25) is 0 Å². The summed E-state index contributed by atoms with van der Waals surface area (Å²) in [4.78, 5) is 59.8. The van der Waals surface area contributed by atoms with Crippen molar-refractivity contribution in [3.05, 3.63) is 79.9 Å². The standard InChI is InChI=1S/C26H29FN4O9S/c1-17(32)41-24-12-23(29(14-24)26(34)40-16-19-5-9-22(10-6-19)31(37)38)11-20(27)13-28(2)25(33)39-15-18-3-7-21(8-4-18)30(35)36/h3-10,20,23-24H,11-16H2,1-2H3/t20?,23-,24+/m1/s1. The number of nitro benzene ring substituents is 2. The quantitative estimate of drug-likeness (QED) is 0.260. The molecule has 2 aromatic carbocycles. The lowest BCUT2D eigenvalue weighted by atomic mass is 10.1. The zero-order valence-corrected chi connectivity index (χ0v) is 23.2. The van der Waals surface area contributed by atoms with Gasteiger partial charge in [-0.05, 0) is 41.8 Å². The molecule has 2 amide bonds. The Labute approximate surface area is 238 Å². The molecule has 1 fully saturated rings. The number of nitrogens with zero attached hydrogens (tertiary/aromatic N) is 4. The smallest absolute Gasteiger partial charge is 0.410 e. The van der Waals surface area contributed by atoms with Crippen molar-refractivity contribution in [3.8, 4) is 0 Å². The molecule has 1 aliphatic heterocycles. The fourth-order valence-electron chi connectivity index (χ4n) is 4.29. The van der Waals surface area contributed by atoms with Gasteiger partial charge in [-0.15, -0.1) is 0 Å². The molecular formula is C26H29FN4O9S. The van der Waals surface area contributed by atoms with E-state index in [2.05, 4.69) is 0 Å². The highest BCUT2D eigenvalue weighted by Crippen LogP contribution is 2.32. The maximum absolute atomic E-state index is 15.1. The van der Waals surface area contributed by atoms with Gasteiger partial charge in [-0.1, -0.05) is 11.8 Å². The number of rotatable bonds is 11. The van der Waals surface area contributed by atoms with Crippen molar-refractivity contribution < 1.29 is 38.1 Å². The van der Waals surface area contributed by atoms with Gasteiger partial charge in [-0.3, -0.25) is 25.0 Å². The van der Waals surface area contributed by atoms with Gasteiger partial charge in [0, 0.05) is 62.5 Å². The zero-order chi connectivity index (χ0) is 30.1. The van der Waals surface area contributed by atoms with Crippen LogP contribution in [0.25, 0.3) is 0 Å². The summed E-state index contributed by atoms with van der Waals surface area (Å²) >= 11 is 1.06. The van der Waals surface area contributed by atoms with E-state index in [1.807, 2.05) is 0 Å². The molecule has 3 atom stereocenters. The average molecular weight is 593 g/mol. The number of non-ortho nitro benzene ring substituents is 2. The van der Waals surface area contributed by atoms with Gasteiger partial charge in [0.25, 0.3) is 11.4 Å². The van der Waals surface area contributed by atoms with Crippen molar-refractivity contribution in [2.45, 2.75) is 50.4 Å². The summed E-state index contributed by atoms with van der Waals surface area (Å²) in [7, 11) is 1.37. The molecule has 0 bridgehead atoms. The average Bonchev–Trinajstić information content (AvgIpc) is 3.31. The van der Waals surface area contributed by atoms with Gasteiger partial charge >= 0.3 is 12.2 Å². The molecule has 0 aromatic heterocycles. The highest BCUT2D eigenvalue weighted by atomic mass is 32.2. The normalized spacial score (nSPS) is 17.0. The van der Waals surface area contributed by atoms with Crippen LogP contribution in [0.5, 0.6) is 0 Å². The number of carbonyl (C=O) groups excluding carboxylic acids is 3. The second kappa shape index (κ2) is 14.4. The van der Waals surface area contributed by atoms with Gasteiger partial charge in [0.1, 0.15) is 19.4 Å². The van der Waals surface area contributed by atoms with Crippen LogP contribution in [0.4, 0.5) is 25.4 Å². The SMILES string of the molecule is CC(=O)S[C@H]1C[C@@H](CC(F)CN(C)C(=O)OCc2ccc([N+](=O)[O-])cc2)N(C(=O)OCc2ccc([N+](=O)[O-])cc2)C1. The maximum Gasteiger partial charge on any atom is 0.410 e. The highest BCUT2D eigenvalue weighted by molar-refractivity contribution is 8.14. The third-order valence-electron chi connectivity index (χ3n) is 6.27. The van der Waals surface area contributed by atoms with E-state index in [4.69, 9.17) is 9.47 Å². The Hall–Kier alpha value is -4.27. The van der Waals surface area contributed by atoms with Gasteiger partial charge in [0.15, 0.2) is 5.12 Å². The lowest BCUT2D eigenvalue weighted by Crippen LogP contribution is -2.40. The molecular weight excluding hydrogens is 563 g/mol. The van der Waals surface area contributed by atoms with E-state index in [0.717, 1.165) is 16.7 Å². The summed E-state index contributed by atoms with van der Waals surface area (Å²) in [6.07, 6.45) is -2.78. The number of thioether (sulfide) groups is 1. The van der Waals surface area contributed by atoms with Crippen molar-refractivity contribution in [2.75, 3.05) is 20.1 Å². The predicted octanol–water partition coefficient (Wildman–Crippen LogP) is 4.86. The first-order chi connectivity index (χ1) is 19.4. The Morgan fingerprint density at radius 2 is 1.51 bits per heavy atom. The van der Waals surface area contributed by atoms with Gasteiger partial charge in [-0.2, -0.15) is 0 Å². The van der Waals surface area contributed by atoms with E-state index in [1.165, 1.54) is 67.4 Å². The Morgan fingerprint density at radius 1 is 1.00 bits per heavy atom. The summed E-state index contributed by atoms with van der Waals surface area (Å²) in [6, 6.07) is 10.4. The minimum absolute atomic E-state index is 0.0991. The largest absolute Gasteiger partial charge is 0.445 e. The van der Waals surface area contributed by atoms with Crippen LogP contribution in [0.2, 0.25) is 0 Å². The molecule has 3 rings (SSSR count). The van der Waals surface area contributed by atoms with E-state index in [1.54, 1.807) is 0 Å². The number of hydrogen-bond donors (Lipinski definition) is 0. The molecule has 0 spiro atoms. The van der Waals surface area contributed by atoms with Crippen LogP contribution in [0.3, 0.4) is 0 Å². The molecule has 0 saturated carbocycles. The number of amides is 2. The fourth-order valence-corrected chi connectivity index (χ4v) is 5.32. The molecule has 1 saturated heterocycles. The molecule has 2 aromatic rings. The van der Waals surface area contributed by atoms with Crippen molar-refractivity contribution in [1.82, 2.24) is 9.80 Å². The number of carbonyl (C=O) groups is 3. The van der Waals surface area contributed by atoms with Crippen LogP contribution in [-0.2, 0) is 27.5 Å². The summed E-state index contributed by atoms with van der Waals surface area (Å²) < 4.78 is 25.6. The Kier molecular flexibility index (Phi) is 11.0. The highest BCUT2D eigenvalue weighted by Gasteiger charge is 2.38. The van der Waals surface area contributed by atoms with E-state index < -0.39 is 34.2 Å². The fraction of sp³-hybridized carbons (Fsp3) is 0.423. The molecule has 1 aliphatic rings. The van der Waals surface area contributed by atoms with Crippen LogP contribution in [0, 0.1) is 20.2 Å². The number of nitro groups is 2. The Balaban J connectivity index is 1.53. The van der Waals surface area contributed by atoms with E-state index in [0.29, 0.717) is 17.5 Å². The Morgan fingerprint density at radius 3 is 2.00 bits per heavy atom. The minimum Gasteiger partial charge on any atom is -0.445 e. The molecule has 0 radical (unpaired) electrons. The second-order valence-corrected chi connectivity index (χ2v) is 10.9. The third kappa shape index (κ3) is 9.41. The summed E-state index contributed by atoms with van der Waals surface area (Å²) in [6.45, 7) is 0.968. The van der Waals surface area contributed by atoms with Crippen LogP contribution >= 0.6 is 11.8 Å². The first-order valence-corrected chi connectivity index (χ1v) is 13.4. The Bertz CT molecular complexity index is 1260. The number of halogens is 1. The minimum atomic E-state index is -1.53. The van der Waals surface area contributed by atoms with Crippen LogP contribution in [-0.4, -0.2) is 74.5 Å². The monoisotopic (exact) mass is 592 g/mol. The van der Waals surface area contributed by atoms with Crippen LogP contribution in [0.15, 0.2) is 48.5 Å². The number of ether oxygens (including phenoxy) is 2. The zero-order valence-electron chi connectivity index (χ0n) is 22.3. The number of alkyl halides is 1. The lowest BCUT2D eigenvalue weighted by molar-refractivity contribution is -0.385. The molecule has 1 unspecified atom stereocenters. The molecule has 0 N–H and O–H groups in total. The topological polar surface area (TPSA) is 162 Å². The van der Waals surface area contributed by atoms with Gasteiger partial charge < -0.3 is 19.3 Å².